The fraction of sp³-hybridized carbons (Fsp3) is 0.364. The summed E-state index contributed by atoms with van der Waals surface area (Å²) in [5.41, 5.74) is 0. The minimum atomic E-state index is -0.801. The Morgan fingerprint density at radius 2 is 2.07 bits per heavy atom. The lowest BCUT2D eigenvalue weighted by molar-refractivity contribution is 0.0875. The van der Waals surface area contributed by atoms with E-state index in [4.69, 9.17) is 9.47 Å². The summed E-state index contributed by atoms with van der Waals surface area (Å²) in [5, 5.41) is 9.30. The van der Waals surface area contributed by atoms with Crippen molar-refractivity contribution in [3.05, 3.63) is 24.3 Å². The number of carbonyl (C=O) groups is 1. The molecule has 0 amide bonds. The van der Waals surface area contributed by atoms with Crippen LogP contribution in [-0.2, 0) is 4.74 Å². The van der Waals surface area contributed by atoms with Crippen LogP contribution in [-0.4, -0.2) is 17.9 Å². The number of phenolic OH excluding ortho intramolecular Hbond substituents is 1. The largest absolute Gasteiger partial charge is 0.513 e. The first kappa shape index (κ1) is 11.4. The van der Waals surface area contributed by atoms with Crippen LogP contribution in [0.4, 0.5) is 4.79 Å². The number of para-hydroxylation sites is 2. The molecule has 0 bridgehead atoms. The Balaban J connectivity index is 2.48. The number of hydrogen-bond acceptors (Lipinski definition) is 4. The van der Waals surface area contributed by atoms with E-state index in [1.165, 1.54) is 12.1 Å². The van der Waals surface area contributed by atoms with E-state index in [1.807, 2.05) is 13.8 Å². The zero-order valence-corrected chi connectivity index (χ0v) is 8.77. The predicted octanol–water partition coefficient (Wildman–Crippen LogP) is 2.56. The Hall–Kier alpha value is -1.71. The van der Waals surface area contributed by atoms with Gasteiger partial charge in [0.15, 0.2) is 11.5 Å². The van der Waals surface area contributed by atoms with Gasteiger partial charge in [-0.15, -0.1) is 0 Å². The van der Waals surface area contributed by atoms with E-state index in [9.17, 15) is 9.90 Å². The molecule has 0 fully saturated rings. The van der Waals surface area contributed by atoms with Crippen molar-refractivity contribution in [3.8, 4) is 11.5 Å². The van der Waals surface area contributed by atoms with Crippen LogP contribution in [0.1, 0.15) is 13.8 Å². The molecule has 0 aliphatic carbocycles. The lowest BCUT2D eigenvalue weighted by Gasteiger charge is -2.08. The van der Waals surface area contributed by atoms with Crippen molar-refractivity contribution in [1.29, 1.82) is 0 Å². The van der Waals surface area contributed by atoms with E-state index >= 15 is 0 Å². The number of aromatic hydroxyl groups is 1. The first-order valence-corrected chi connectivity index (χ1v) is 4.72. The van der Waals surface area contributed by atoms with Gasteiger partial charge in [0.2, 0.25) is 0 Å². The normalized spacial score (nSPS) is 10.1. The van der Waals surface area contributed by atoms with E-state index in [-0.39, 0.29) is 17.4 Å². The second-order valence-corrected chi connectivity index (χ2v) is 3.52. The van der Waals surface area contributed by atoms with Crippen LogP contribution >= 0.6 is 0 Å². The van der Waals surface area contributed by atoms with Crippen LogP contribution in [0.25, 0.3) is 0 Å². The average molecular weight is 210 g/mol. The molecule has 4 heteroatoms. The van der Waals surface area contributed by atoms with Crippen LogP contribution in [0.3, 0.4) is 0 Å². The fourth-order valence-electron chi connectivity index (χ4n) is 0.897. The number of ether oxygens (including phenoxy) is 2. The number of rotatable bonds is 3. The molecule has 1 aromatic carbocycles. The third kappa shape index (κ3) is 3.89. The fourth-order valence-corrected chi connectivity index (χ4v) is 0.897. The molecule has 0 saturated carbocycles. The molecule has 0 atom stereocenters. The third-order valence-corrected chi connectivity index (χ3v) is 1.59. The van der Waals surface area contributed by atoms with Gasteiger partial charge in [0.1, 0.15) is 0 Å². The van der Waals surface area contributed by atoms with Gasteiger partial charge in [0, 0.05) is 0 Å². The highest BCUT2D eigenvalue weighted by Crippen LogP contribution is 2.24. The van der Waals surface area contributed by atoms with Gasteiger partial charge in [-0.25, -0.2) is 4.79 Å². The molecule has 1 N–H and O–H groups in total. The molecule has 0 unspecified atom stereocenters. The monoisotopic (exact) mass is 210 g/mol. The lowest BCUT2D eigenvalue weighted by Crippen LogP contribution is -2.14. The van der Waals surface area contributed by atoms with Gasteiger partial charge in [-0.3, -0.25) is 0 Å². The summed E-state index contributed by atoms with van der Waals surface area (Å²) in [6.45, 7) is 4.15. The van der Waals surface area contributed by atoms with Crippen molar-refractivity contribution in [3.63, 3.8) is 0 Å². The van der Waals surface area contributed by atoms with E-state index in [1.54, 1.807) is 12.1 Å². The molecule has 0 spiro atoms. The first-order chi connectivity index (χ1) is 7.09. The molecular formula is C11H14O4. The van der Waals surface area contributed by atoms with Gasteiger partial charge >= 0.3 is 6.16 Å². The Bertz CT molecular complexity index is 333. The quantitative estimate of drug-likeness (QED) is 0.615. The van der Waals surface area contributed by atoms with Gasteiger partial charge in [-0.1, -0.05) is 26.0 Å². The predicted molar refractivity (Wildman–Crippen MR) is 54.9 cm³/mol. The van der Waals surface area contributed by atoms with Crippen LogP contribution in [0, 0.1) is 5.92 Å². The van der Waals surface area contributed by atoms with Gasteiger partial charge in [0.05, 0.1) is 6.61 Å². The van der Waals surface area contributed by atoms with E-state index in [2.05, 4.69) is 0 Å². The van der Waals surface area contributed by atoms with Crippen LogP contribution < -0.4 is 4.74 Å². The number of hydrogen-bond donors (Lipinski definition) is 1. The number of phenols is 1. The van der Waals surface area contributed by atoms with Gasteiger partial charge in [-0.05, 0) is 18.1 Å². The van der Waals surface area contributed by atoms with Gasteiger partial charge in [-0.2, -0.15) is 0 Å². The molecule has 0 saturated heterocycles. The second kappa shape index (κ2) is 5.24. The van der Waals surface area contributed by atoms with Gasteiger partial charge < -0.3 is 14.6 Å². The maximum absolute atomic E-state index is 11.1. The summed E-state index contributed by atoms with van der Waals surface area (Å²) in [6.07, 6.45) is -0.801. The molecule has 0 heterocycles. The zero-order chi connectivity index (χ0) is 11.3. The minimum Gasteiger partial charge on any atom is -0.504 e. The van der Waals surface area contributed by atoms with Crippen LogP contribution in [0.2, 0.25) is 0 Å². The molecule has 82 valence electrons. The highest BCUT2D eigenvalue weighted by molar-refractivity contribution is 5.65. The van der Waals surface area contributed by atoms with Crippen molar-refractivity contribution in [2.45, 2.75) is 13.8 Å². The van der Waals surface area contributed by atoms with Crippen LogP contribution in [0.15, 0.2) is 24.3 Å². The van der Waals surface area contributed by atoms with Gasteiger partial charge in [0.25, 0.3) is 0 Å². The van der Waals surface area contributed by atoms with E-state index in [0.29, 0.717) is 6.61 Å². The molecule has 0 aromatic heterocycles. The summed E-state index contributed by atoms with van der Waals surface area (Å²) >= 11 is 0. The second-order valence-electron chi connectivity index (χ2n) is 3.52. The molecule has 1 aromatic rings. The molecule has 0 radical (unpaired) electrons. The standard InChI is InChI=1S/C11H14O4/c1-8(2)7-14-11(13)15-10-6-4-3-5-9(10)12/h3-6,8,12H,7H2,1-2H3. The first-order valence-electron chi connectivity index (χ1n) is 4.72. The highest BCUT2D eigenvalue weighted by atomic mass is 16.7. The Labute approximate surface area is 88.4 Å². The maximum Gasteiger partial charge on any atom is 0.513 e. The third-order valence-electron chi connectivity index (χ3n) is 1.59. The summed E-state index contributed by atoms with van der Waals surface area (Å²) in [4.78, 5) is 11.1. The van der Waals surface area contributed by atoms with Crippen molar-refractivity contribution < 1.29 is 19.4 Å². The van der Waals surface area contributed by atoms with Crippen LogP contribution in [0.5, 0.6) is 11.5 Å². The van der Waals surface area contributed by atoms with Crippen molar-refractivity contribution in [1.82, 2.24) is 0 Å². The minimum absolute atomic E-state index is 0.0843. The van der Waals surface area contributed by atoms with Crippen molar-refractivity contribution in [2.24, 2.45) is 5.92 Å². The smallest absolute Gasteiger partial charge is 0.504 e. The molecule has 0 aliphatic heterocycles. The average Bonchev–Trinajstić information content (AvgIpc) is 2.18. The van der Waals surface area contributed by atoms with E-state index < -0.39 is 6.16 Å². The van der Waals surface area contributed by atoms with Crippen molar-refractivity contribution in [2.75, 3.05) is 6.61 Å². The zero-order valence-electron chi connectivity index (χ0n) is 8.77. The summed E-state index contributed by atoms with van der Waals surface area (Å²) in [5.74, 6) is 0.271. The summed E-state index contributed by atoms with van der Waals surface area (Å²) < 4.78 is 9.57. The molecular weight excluding hydrogens is 196 g/mol. The number of carbonyl (C=O) groups excluding carboxylic acids is 1. The topological polar surface area (TPSA) is 55.8 Å². The summed E-state index contributed by atoms with van der Waals surface area (Å²) in [6, 6.07) is 6.23. The van der Waals surface area contributed by atoms with Crippen molar-refractivity contribution >= 4 is 6.16 Å². The Kier molecular flexibility index (Phi) is 3.97. The highest BCUT2D eigenvalue weighted by Gasteiger charge is 2.09. The maximum atomic E-state index is 11.1. The summed E-state index contributed by atoms with van der Waals surface area (Å²) in [7, 11) is 0. The lowest BCUT2D eigenvalue weighted by atomic mass is 10.2. The Morgan fingerprint density at radius 1 is 1.40 bits per heavy atom. The SMILES string of the molecule is CC(C)COC(=O)Oc1ccccc1O. The molecule has 4 nitrogen and oxygen atoms in total. The molecule has 15 heavy (non-hydrogen) atoms. The number of benzene rings is 1. The Morgan fingerprint density at radius 3 is 2.67 bits per heavy atom. The molecule has 1 rings (SSSR count). The molecule has 0 aliphatic rings. The van der Waals surface area contributed by atoms with E-state index in [0.717, 1.165) is 0 Å².